The topological polar surface area (TPSA) is 128 Å². The van der Waals surface area contributed by atoms with Crippen LogP contribution in [-0.4, -0.2) is 29.2 Å². The molecular weight excluding hydrogens is 379 g/mol. The number of ether oxygens (including phenoxy) is 1. The molecule has 10 heteroatoms. The number of amidine groups is 1. The van der Waals surface area contributed by atoms with Gasteiger partial charge in [-0.2, -0.15) is 18.2 Å². The number of amides is 1. The lowest BCUT2D eigenvalue weighted by Gasteiger charge is -2.04. The first-order chi connectivity index (χ1) is 13.1. The molecule has 150 valence electrons. The Morgan fingerprint density at radius 3 is 2.00 bits per heavy atom. The van der Waals surface area contributed by atoms with E-state index in [9.17, 15) is 18.0 Å². The average molecular weight is 397 g/mol. The van der Waals surface area contributed by atoms with Gasteiger partial charge >= 0.3 is 18.2 Å². The molecule has 2 aromatic carbocycles. The maximum Gasteiger partial charge on any atom is 0.490 e. The van der Waals surface area contributed by atoms with Crippen molar-refractivity contribution in [3.63, 3.8) is 0 Å². The van der Waals surface area contributed by atoms with E-state index < -0.39 is 18.2 Å². The summed E-state index contributed by atoms with van der Waals surface area (Å²) in [5, 5.41) is 7.12. The minimum atomic E-state index is -5.08. The van der Waals surface area contributed by atoms with Crippen LogP contribution in [0.15, 0.2) is 59.6 Å². The first-order valence-electron chi connectivity index (χ1n) is 7.77. The fraction of sp³-hybridized carbons (Fsp3) is 0.167. The van der Waals surface area contributed by atoms with E-state index >= 15 is 0 Å². The zero-order valence-electron chi connectivity index (χ0n) is 14.5. The van der Waals surface area contributed by atoms with Crippen LogP contribution in [-0.2, 0) is 22.7 Å². The molecule has 0 aliphatic rings. The highest BCUT2D eigenvalue weighted by atomic mass is 19.4. The van der Waals surface area contributed by atoms with E-state index in [0.717, 1.165) is 11.1 Å². The number of hydrogen-bond acceptors (Lipinski definition) is 4. The van der Waals surface area contributed by atoms with Crippen LogP contribution >= 0.6 is 0 Å². The molecular formula is C18H18F3N3O4. The van der Waals surface area contributed by atoms with Crippen LogP contribution in [0, 0.1) is 0 Å². The van der Waals surface area contributed by atoms with Gasteiger partial charge in [-0.1, -0.05) is 54.6 Å². The van der Waals surface area contributed by atoms with Crippen molar-refractivity contribution in [3.05, 3.63) is 71.3 Å². The lowest BCUT2D eigenvalue weighted by atomic mass is 10.1. The minimum absolute atomic E-state index is 0.122. The first kappa shape index (κ1) is 22.6. The van der Waals surface area contributed by atoms with Gasteiger partial charge in [0.15, 0.2) is 0 Å². The van der Waals surface area contributed by atoms with E-state index in [4.69, 9.17) is 26.1 Å². The third kappa shape index (κ3) is 8.32. The van der Waals surface area contributed by atoms with Crippen molar-refractivity contribution in [2.75, 3.05) is 0 Å². The normalized spacial score (nSPS) is 11.2. The van der Waals surface area contributed by atoms with Crippen molar-refractivity contribution in [2.45, 2.75) is 19.3 Å². The number of carbonyl (C=O) groups is 2. The molecule has 5 N–H and O–H groups in total. The highest BCUT2D eigenvalue weighted by Crippen LogP contribution is 2.13. The van der Waals surface area contributed by atoms with Crippen molar-refractivity contribution < 1.29 is 32.6 Å². The van der Waals surface area contributed by atoms with Gasteiger partial charge in [-0.15, -0.1) is 0 Å². The zero-order chi connectivity index (χ0) is 21.2. The number of alkyl halides is 3. The van der Waals surface area contributed by atoms with Crippen LogP contribution in [0.3, 0.4) is 0 Å². The van der Waals surface area contributed by atoms with Gasteiger partial charge in [0.2, 0.25) is 0 Å². The second-order valence-corrected chi connectivity index (χ2v) is 5.24. The molecule has 0 spiro atoms. The molecule has 0 heterocycles. The van der Waals surface area contributed by atoms with Crippen LogP contribution in [0.25, 0.3) is 0 Å². The fourth-order valence-electron chi connectivity index (χ4n) is 1.73. The Bertz CT molecular complexity index is 807. The van der Waals surface area contributed by atoms with Crippen molar-refractivity contribution in [1.82, 2.24) is 0 Å². The Hall–Kier alpha value is -3.40. The van der Waals surface area contributed by atoms with Gasteiger partial charge in [0.05, 0.1) is 0 Å². The van der Waals surface area contributed by atoms with Gasteiger partial charge in [-0.05, 0) is 11.1 Å². The van der Waals surface area contributed by atoms with Gasteiger partial charge in [0.1, 0.15) is 12.4 Å². The fourth-order valence-corrected chi connectivity index (χ4v) is 1.73. The largest absolute Gasteiger partial charge is 0.490 e. The van der Waals surface area contributed by atoms with Crippen LogP contribution < -0.4 is 11.5 Å². The molecule has 28 heavy (non-hydrogen) atoms. The number of benzene rings is 2. The summed E-state index contributed by atoms with van der Waals surface area (Å²) in [5.74, 6) is -2.64. The lowest BCUT2D eigenvalue weighted by Crippen LogP contribution is -2.21. The minimum Gasteiger partial charge on any atom is -0.475 e. The van der Waals surface area contributed by atoms with Crippen LogP contribution in [0.5, 0.6) is 0 Å². The summed E-state index contributed by atoms with van der Waals surface area (Å²) in [6, 6.07) is 16.6. The molecule has 1 amide bonds. The van der Waals surface area contributed by atoms with Crippen molar-refractivity contribution in [3.8, 4) is 0 Å². The number of carboxylic acid groups (broad SMARTS) is 1. The third-order valence-corrected chi connectivity index (χ3v) is 3.14. The van der Waals surface area contributed by atoms with Gasteiger partial charge in [-0.25, -0.2) is 9.59 Å². The molecule has 0 unspecified atom stereocenters. The highest BCUT2D eigenvalue weighted by molar-refractivity contribution is 6.02. The van der Waals surface area contributed by atoms with Gasteiger partial charge in [0.25, 0.3) is 0 Å². The van der Waals surface area contributed by atoms with Crippen molar-refractivity contribution >= 4 is 17.9 Å². The molecule has 0 aromatic heterocycles. The van der Waals surface area contributed by atoms with Crippen molar-refractivity contribution in [1.29, 1.82) is 0 Å². The van der Waals surface area contributed by atoms with Crippen LogP contribution in [0.1, 0.15) is 16.7 Å². The van der Waals surface area contributed by atoms with Crippen molar-refractivity contribution in [2.24, 2.45) is 16.5 Å². The molecule has 2 rings (SSSR count). The summed E-state index contributed by atoms with van der Waals surface area (Å²) in [5.41, 5.74) is 13.8. The number of halogens is 3. The number of carboxylic acids is 1. The number of nitrogens with two attached hydrogens (primary N) is 2. The quantitative estimate of drug-likeness (QED) is 0.538. The Morgan fingerprint density at radius 1 is 1.00 bits per heavy atom. The van der Waals surface area contributed by atoms with Gasteiger partial charge in [0, 0.05) is 12.1 Å². The Balaban J connectivity index is 0.000000480. The molecule has 0 atom stereocenters. The summed E-state index contributed by atoms with van der Waals surface area (Å²) in [6.45, 7) is 0.624. The van der Waals surface area contributed by atoms with E-state index in [2.05, 4.69) is 4.99 Å². The van der Waals surface area contributed by atoms with E-state index in [1.807, 2.05) is 42.5 Å². The average Bonchev–Trinajstić information content (AvgIpc) is 2.67. The maximum absolute atomic E-state index is 11.6. The predicted octanol–water partition coefficient (Wildman–Crippen LogP) is 2.82. The summed E-state index contributed by atoms with van der Waals surface area (Å²) in [7, 11) is 0. The van der Waals surface area contributed by atoms with E-state index in [-0.39, 0.29) is 12.4 Å². The molecule has 0 aliphatic carbocycles. The SMILES string of the molecule is NCc1ccc(C(N)=NC(=O)OCc2ccccc2)cc1.O=C(O)C(F)(F)F. The summed E-state index contributed by atoms with van der Waals surface area (Å²) < 4.78 is 36.8. The summed E-state index contributed by atoms with van der Waals surface area (Å²) in [4.78, 5) is 24.2. The number of aliphatic carboxylic acids is 1. The molecule has 2 aromatic rings. The van der Waals surface area contributed by atoms with Gasteiger partial charge < -0.3 is 21.3 Å². The Labute approximate surface area is 158 Å². The first-order valence-corrected chi connectivity index (χ1v) is 7.77. The summed E-state index contributed by atoms with van der Waals surface area (Å²) in [6.07, 6.45) is -5.79. The third-order valence-electron chi connectivity index (χ3n) is 3.14. The van der Waals surface area contributed by atoms with Gasteiger partial charge in [-0.3, -0.25) is 0 Å². The maximum atomic E-state index is 11.6. The Kier molecular flexibility index (Phi) is 8.63. The molecule has 0 radical (unpaired) electrons. The van der Waals surface area contributed by atoms with E-state index in [0.29, 0.717) is 12.1 Å². The smallest absolute Gasteiger partial charge is 0.475 e. The monoisotopic (exact) mass is 397 g/mol. The molecule has 0 saturated carbocycles. The van der Waals surface area contributed by atoms with Crippen LogP contribution in [0.4, 0.5) is 18.0 Å². The zero-order valence-corrected chi connectivity index (χ0v) is 14.5. The Morgan fingerprint density at radius 2 is 1.54 bits per heavy atom. The van der Waals surface area contributed by atoms with Crippen LogP contribution in [0.2, 0.25) is 0 Å². The molecule has 0 bridgehead atoms. The number of aliphatic imine (C=N–C) groups is 1. The lowest BCUT2D eigenvalue weighted by molar-refractivity contribution is -0.192. The van der Waals surface area contributed by atoms with E-state index in [1.54, 1.807) is 12.1 Å². The molecule has 7 nitrogen and oxygen atoms in total. The predicted molar refractivity (Wildman–Crippen MR) is 95.4 cm³/mol. The number of rotatable bonds is 4. The summed E-state index contributed by atoms with van der Waals surface area (Å²) >= 11 is 0. The second-order valence-electron chi connectivity index (χ2n) is 5.24. The standard InChI is InChI=1S/C16H17N3O2.C2HF3O2/c17-10-12-6-8-14(9-7-12)15(18)19-16(20)21-11-13-4-2-1-3-5-13;3-2(4,5)1(6)7/h1-9H,10-11,17H2,(H2,18,19,20);(H,6,7). The molecule has 0 aliphatic heterocycles. The highest BCUT2D eigenvalue weighted by Gasteiger charge is 2.38. The van der Waals surface area contributed by atoms with E-state index in [1.165, 1.54) is 0 Å². The number of nitrogens with zero attached hydrogens (tertiary/aromatic N) is 1. The molecule has 0 fully saturated rings. The number of carbonyl (C=O) groups excluding carboxylic acids is 1. The number of hydrogen-bond donors (Lipinski definition) is 3. The molecule has 0 saturated heterocycles. The second kappa shape index (κ2) is 10.7.